The van der Waals surface area contributed by atoms with E-state index in [1.807, 2.05) is 6.07 Å². The van der Waals surface area contributed by atoms with Crippen molar-refractivity contribution in [2.24, 2.45) is 0 Å². The van der Waals surface area contributed by atoms with Crippen LogP contribution in [0.25, 0.3) is 0 Å². The quantitative estimate of drug-likeness (QED) is 0.318. The number of hydrogen-bond acceptors (Lipinski definition) is 5. The molecule has 0 aliphatic rings. The summed E-state index contributed by atoms with van der Waals surface area (Å²) in [6.45, 7) is 0. The lowest BCUT2D eigenvalue weighted by Gasteiger charge is -2.24. The summed E-state index contributed by atoms with van der Waals surface area (Å²) in [4.78, 5) is 10.6. The lowest BCUT2D eigenvalue weighted by atomic mass is 9.96. The Kier molecular flexibility index (Phi) is 7.15. The third-order valence-corrected chi connectivity index (χ3v) is 5.44. The number of rotatable bonds is 8. The minimum Gasteiger partial charge on any atom is -0.497 e. The largest absolute Gasteiger partial charge is 0.497 e. The predicted molar refractivity (Wildman–Crippen MR) is 118 cm³/mol. The van der Waals surface area contributed by atoms with Gasteiger partial charge in [-0.25, -0.2) is 0 Å². The van der Waals surface area contributed by atoms with Crippen molar-refractivity contribution in [3.63, 3.8) is 0 Å². The smallest absolute Gasteiger partial charge is 0.271 e. The average Bonchev–Trinajstić information content (AvgIpc) is 2.75. The summed E-state index contributed by atoms with van der Waals surface area (Å²) in [5, 5.41) is 26.0. The van der Waals surface area contributed by atoms with Crippen LogP contribution in [0, 0.1) is 10.1 Å². The molecule has 30 heavy (non-hydrogen) atoms. The fourth-order valence-corrected chi connectivity index (χ4v) is 3.41. The second kappa shape index (κ2) is 9.80. The van der Waals surface area contributed by atoms with Crippen LogP contribution in [-0.4, -0.2) is 17.1 Å². The molecule has 0 aliphatic heterocycles. The van der Waals surface area contributed by atoms with Crippen molar-refractivity contribution in [2.45, 2.75) is 18.6 Å². The topological polar surface area (TPSA) is 84.6 Å². The van der Waals surface area contributed by atoms with Gasteiger partial charge in [-0.2, -0.15) is 0 Å². The molecule has 6 nitrogen and oxygen atoms in total. The lowest BCUT2D eigenvalue weighted by Crippen LogP contribution is -2.15. The summed E-state index contributed by atoms with van der Waals surface area (Å²) in [5.41, 5.74) is 2.05. The SMILES string of the molecule is COc1ccc(C(O)CC(Nc2cccc([N+](=O)[O-])c2)c2ccc(Cl)c(Cl)c2)cc1. The Hall–Kier alpha value is -2.80. The monoisotopic (exact) mass is 446 g/mol. The normalized spacial score (nSPS) is 12.8. The molecule has 8 heteroatoms. The van der Waals surface area contributed by atoms with E-state index in [2.05, 4.69) is 5.32 Å². The van der Waals surface area contributed by atoms with Crippen molar-refractivity contribution in [1.29, 1.82) is 0 Å². The molecule has 0 radical (unpaired) electrons. The van der Waals surface area contributed by atoms with E-state index in [0.717, 1.165) is 11.1 Å². The zero-order chi connectivity index (χ0) is 21.7. The zero-order valence-electron chi connectivity index (χ0n) is 16.1. The van der Waals surface area contributed by atoms with Crippen molar-refractivity contribution < 1.29 is 14.8 Å². The number of nitro groups is 1. The predicted octanol–water partition coefficient (Wildman–Crippen LogP) is 6.19. The van der Waals surface area contributed by atoms with E-state index in [1.54, 1.807) is 55.6 Å². The maximum absolute atomic E-state index is 11.1. The van der Waals surface area contributed by atoms with Gasteiger partial charge in [0.1, 0.15) is 5.75 Å². The van der Waals surface area contributed by atoms with Crippen molar-refractivity contribution in [2.75, 3.05) is 12.4 Å². The Morgan fingerprint density at radius 3 is 2.37 bits per heavy atom. The molecule has 3 aromatic carbocycles. The number of halogens is 2. The molecule has 0 aliphatic carbocycles. The van der Waals surface area contributed by atoms with Gasteiger partial charge in [0.05, 0.1) is 34.2 Å². The van der Waals surface area contributed by atoms with E-state index in [0.29, 0.717) is 27.9 Å². The number of aliphatic hydroxyl groups is 1. The van der Waals surface area contributed by atoms with Crippen LogP contribution in [-0.2, 0) is 0 Å². The number of benzene rings is 3. The minimum absolute atomic E-state index is 0.0245. The van der Waals surface area contributed by atoms with Crippen LogP contribution in [0.2, 0.25) is 10.0 Å². The Morgan fingerprint density at radius 1 is 1.03 bits per heavy atom. The minimum atomic E-state index is -0.790. The molecular formula is C22H20Cl2N2O4. The maximum Gasteiger partial charge on any atom is 0.271 e. The number of nitrogens with one attached hydrogen (secondary N) is 1. The van der Waals surface area contributed by atoms with E-state index in [1.165, 1.54) is 12.1 Å². The Morgan fingerprint density at radius 2 is 1.73 bits per heavy atom. The van der Waals surface area contributed by atoms with E-state index >= 15 is 0 Å². The molecule has 0 saturated carbocycles. The first-order valence-electron chi connectivity index (χ1n) is 9.15. The molecule has 156 valence electrons. The Bertz CT molecular complexity index is 1030. The number of ether oxygens (including phenoxy) is 1. The van der Waals surface area contributed by atoms with Crippen LogP contribution in [0.5, 0.6) is 5.75 Å². The van der Waals surface area contributed by atoms with Gasteiger partial charge in [-0.15, -0.1) is 0 Å². The van der Waals surface area contributed by atoms with Gasteiger partial charge in [0.2, 0.25) is 0 Å². The number of nitro benzene ring substituents is 1. The standard InChI is InChI=1S/C22H20Cl2N2O4/c1-30-18-8-5-14(6-9-18)22(27)13-21(15-7-10-19(23)20(24)11-15)25-16-3-2-4-17(12-16)26(28)29/h2-12,21-22,25,27H,13H2,1H3. The lowest BCUT2D eigenvalue weighted by molar-refractivity contribution is -0.384. The third kappa shape index (κ3) is 5.42. The van der Waals surface area contributed by atoms with Crippen LogP contribution >= 0.6 is 23.2 Å². The van der Waals surface area contributed by atoms with Gasteiger partial charge in [-0.1, -0.05) is 47.5 Å². The second-order valence-electron chi connectivity index (χ2n) is 6.70. The highest BCUT2D eigenvalue weighted by Gasteiger charge is 2.20. The van der Waals surface area contributed by atoms with E-state index in [4.69, 9.17) is 27.9 Å². The summed E-state index contributed by atoms with van der Waals surface area (Å²) in [6.07, 6.45) is -0.492. The van der Waals surface area contributed by atoms with Gasteiger partial charge in [0, 0.05) is 24.2 Å². The maximum atomic E-state index is 11.1. The molecule has 2 atom stereocenters. The Balaban J connectivity index is 1.89. The van der Waals surface area contributed by atoms with Crippen LogP contribution in [0.15, 0.2) is 66.7 Å². The second-order valence-corrected chi connectivity index (χ2v) is 7.52. The number of non-ortho nitro benzene ring substituents is 1. The number of aliphatic hydroxyl groups excluding tert-OH is 1. The average molecular weight is 447 g/mol. The summed E-state index contributed by atoms with van der Waals surface area (Å²) in [6, 6.07) is 18.2. The molecule has 0 heterocycles. The molecule has 0 saturated heterocycles. The van der Waals surface area contributed by atoms with Gasteiger partial charge in [0.15, 0.2) is 0 Å². The van der Waals surface area contributed by atoms with Gasteiger partial charge >= 0.3 is 0 Å². The molecule has 3 aromatic rings. The highest BCUT2D eigenvalue weighted by atomic mass is 35.5. The molecule has 0 bridgehead atoms. The highest BCUT2D eigenvalue weighted by molar-refractivity contribution is 6.42. The fraction of sp³-hybridized carbons (Fsp3) is 0.182. The molecule has 0 aromatic heterocycles. The van der Waals surface area contributed by atoms with Gasteiger partial charge in [-0.3, -0.25) is 10.1 Å². The van der Waals surface area contributed by atoms with Crippen molar-refractivity contribution in [3.05, 3.63) is 98.0 Å². The number of anilines is 1. The van der Waals surface area contributed by atoms with Gasteiger partial charge in [-0.05, 0) is 41.5 Å². The van der Waals surface area contributed by atoms with Crippen molar-refractivity contribution in [1.82, 2.24) is 0 Å². The van der Waals surface area contributed by atoms with Crippen LogP contribution in [0.4, 0.5) is 11.4 Å². The first-order valence-corrected chi connectivity index (χ1v) is 9.91. The summed E-state index contributed by atoms with van der Waals surface area (Å²) >= 11 is 12.2. The molecular weight excluding hydrogens is 427 g/mol. The molecule has 0 fully saturated rings. The zero-order valence-corrected chi connectivity index (χ0v) is 17.6. The van der Waals surface area contributed by atoms with Gasteiger partial charge < -0.3 is 15.2 Å². The Labute approximate surface area is 184 Å². The number of hydrogen-bond donors (Lipinski definition) is 2. The molecule has 2 unspecified atom stereocenters. The van der Waals surface area contributed by atoms with E-state index in [9.17, 15) is 15.2 Å². The summed E-state index contributed by atoms with van der Waals surface area (Å²) in [7, 11) is 1.58. The fourth-order valence-electron chi connectivity index (χ4n) is 3.10. The van der Waals surface area contributed by atoms with Crippen LogP contribution in [0.3, 0.4) is 0 Å². The number of nitrogens with zero attached hydrogens (tertiary/aromatic N) is 1. The van der Waals surface area contributed by atoms with Crippen molar-refractivity contribution in [3.8, 4) is 5.75 Å². The van der Waals surface area contributed by atoms with Crippen molar-refractivity contribution >= 4 is 34.6 Å². The van der Waals surface area contributed by atoms with E-state index < -0.39 is 11.0 Å². The third-order valence-electron chi connectivity index (χ3n) is 4.70. The van der Waals surface area contributed by atoms with E-state index in [-0.39, 0.29) is 11.7 Å². The first-order chi connectivity index (χ1) is 14.4. The molecule has 2 N–H and O–H groups in total. The van der Waals surface area contributed by atoms with Crippen LogP contribution < -0.4 is 10.1 Å². The summed E-state index contributed by atoms with van der Waals surface area (Å²) < 4.78 is 5.16. The highest BCUT2D eigenvalue weighted by Crippen LogP contribution is 2.34. The first kappa shape index (κ1) is 21.9. The molecule has 3 rings (SSSR count). The van der Waals surface area contributed by atoms with Crippen LogP contribution in [0.1, 0.15) is 29.7 Å². The summed E-state index contributed by atoms with van der Waals surface area (Å²) in [5.74, 6) is 0.696. The number of methoxy groups -OCH3 is 1. The van der Waals surface area contributed by atoms with Gasteiger partial charge in [0.25, 0.3) is 5.69 Å². The molecule has 0 amide bonds. The molecule has 0 spiro atoms.